The first-order valence-electron chi connectivity index (χ1n) is 5.87. The van der Waals surface area contributed by atoms with Crippen LogP contribution >= 0.6 is 27.3 Å². The Bertz CT molecular complexity index is 507. The van der Waals surface area contributed by atoms with E-state index in [-0.39, 0.29) is 0 Å². The fraction of sp³-hybridized carbons (Fsp3) is 0.286. The standard InChI is InChI=1S/C14H14BrNS/c15-12-3-1-11-8-13(4-2-10(11)7-12)16-14-5-6-17-9-14/h1,3,5-7,9,13,16H,2,4,8H2. The van der Waals surface area contributed by atoms with Gasteiger partial charge in [-0.2, -0.15) is 11.3 Å². The van der Waals surface area contributed by atoms with Crippen molar-refractivity contribution in [2.45, 2.75) is 25.3 Å². The number of hydrogen-bond donors (Lipinski definition) is 1. The lowest BCUT2D eigenvalue weighted by Crippen LogP contribution is -2.27. The van der Waals surface area contributed by atoms with Gasteiger partial charge in [-0.25, -0.2) is 0 Å². The van der Waals surface area contributed by atoms with Crippen molar-refractivity contribution in [3.63, 3.8) is 0 Å². The molecule has 1 aromatic carbocycles. The third-order valence-corrected chi connectivity index (χ3v) is 4.47. The van der Waals surface area contributed by atoms with Crippen molar-refractivity contribution < 1.29 is 0 Å². The lowest BCUT2D eigenvalue weighted by atomic mass is 9.88. The van der Waals surface area contributed by atoms with Gasteiger partial charge in [-0.15, -0.1) is 0 Å². The number of aryl methyl sites for hydroxylation is 1. The molecule has 0 saturated carbocycles. The molecule has 3 heteroatoms. The SMILES string of the molecule is Brc1ccc2c(c1)CCC(Nc1ccsc1)C2. The molecule has 1 N–H and O–H groups in total. The predicted octanol–water partition coefficient (Wildman–Crippen LogP) is 4.48. The summed E-state index contributed by atoms with van der Waals surface area (Å²) >= 11 is 5.29. The molecule has 0 aliphatic heterocycles. The summed E-state index contributed by atoms with van der Waals surface area (Å²) in [4.78, 5) is 0. The minimum absolute atomic E-state index is 0.582. The van der Waals surface area contributed by atoms with Gasteiger partial charge in [-0.05, 0) is 54.0 Å². The Morgan fingerprint density at radius 1 is 1.24 bits per heavy atom. The number of nitrogens with one attached hydrogen (secondary N) is 1. The lowest BCUT2D eigenvalue weighted by molar-refractivity contribution is 0.611. The Hall–Kier alpha value is -0.800. The van der Waals surface area contributed by atoms with Crippen LogP contribution in [0.4, 0.5) is 5.69 Å². The smallest absolute Gasteiger partial charge is 0.0451 e. The van der Waals surface area contributed by atoms with Crippen molar-refractivity contribution >= 4 is 33.0 Å². The van der Waals surface area contributed by atoms with E-state index >= 15 is 0 Å². The summed E-state index contributed by atoms with van der Waals surface area (Å²) in [6.45, 7) is 0. The molecule has 1 aliphatic carbocycles. The van der Waals surface area contributed by atoms with E-state index in [1.54, 1.807) is 11.3 Å². The van der Waals surface area contributed by atoms with E-state index in [1.807, 2.05) is 0 Å². The van der Waals surface area contributed by atoms with E-state index < -0.39 is 0 Å². The molecule has 1 atom stereocenters. The molecular formula is C14H14BrNS. The van der Waals surface area contributed by atoms with Crippen molar-refractivity contribution in [1.29, 1.82) is 0 Å². The molecule has 0 spiro atoms. The summed E-state index contributed by atoms with van der Waals surface area (Å²) in [5.74, 6) is 0. The quantitative estimate of drug-likeness (QED) is 0.862. The zero-order valence-corrected chi connectivity index (χ0v) is 11.9. The van der Waals surface area contributed by atoms with Crippen molar-refractivity contribution in [2.75, 3.05) is 5.32 Å². The summed E-state index contributed by atoms with van der Waals surface area (Å²) in [5, 5.41) is 7.91. The summed E-state index contributed by atoms with van der Waals surface area (Å²) in [6.07, 6.45) is 3.54. The molecule has 1 aliphatic rings. The number of hydrogen-bond acceptors (Lipinski definition) is 2. The van der Waals surface area contributed by atoms with Gasteiger partial charge >= 0.3 is 0 Å². The minimum atomic E-state index is 0.582. The monoisotopic (exact) mass is 307 g/mol. The first-order valence-corrected chi connectivity index (χ1v) is 7.61. The Morgan fingerprint density at radius 2 is 2.18 bits per heavy atom. The fourth-order valence-corrected chi connectivity index (χ4v) is 3.43. The average molecular weight is 308 g/mol. The average Bonchev–Trinajstić information content (AvgIpc) is 2.82. The van der Waals surface area contributed by atoms with Crippen LogP contribution < -0.4 is 5.32 Å². The van der Waals surface area contributed by atoms with Crippen LogP contribution in [0, 0.1) is 0 Å². The van der Waals surface area contributed by atoms with Crippen LogP contribution in [0.3, 0.4) is 0 Å². The van der Waals surface area contributed by atoms with Crippen LogP contribution in [0.5, 0.6) is 0 Å². The molecule has 0 fully saturated rings. The number of fused-ring (bicyclic) bond motifs is 1. The first-order chi connectivity index (χ1) is 8.31. The van der Waals surface area contributed by atoms with Crippen LogP contribution in [0.2, 0.25) is 0 Å². The Kier molecular flexibility index (Phi) is 3.21. The highest BCUT2D eigenvalue weighted by molar-refractivity contribution is 9.10. The molecule has 1 unspecified atom stereocenters. The molecule has 2 aromatic rings. The fourth-order valence-electron chi connectivity index (χ4n) is 2.43. The van der Waals surface area contributed by atoms with E-state index in [0.29, 0.717) is 6.04 Å². The van der Waals surface area contributed by atoms with Crippen molar-refractivity contribution in [3.8, 4) is 0 Å². The molecule has 0 amide bonds. The summed E-state index contributed by atoms with van der Waals surface area (Å²) < 4.78 is 1.19. The van der Waals surface area contributed by atoms with Gasteiger partial charge in [0.2, 0.25) is 0 Å². The van der Waals surface area contributed by atoms with Gasteiger partial charge in [-0.1, -0.05) is 22.0 Å². The second-order valence-corrected chi connectivity index (χ2v) is 6.20. The maximum atomic E-state index is 3.62. The number of thiophene rings is 1. The van der Waals surface area contributed by atoms with Gasteiger partial charge in [0.25, 0.3) is 0 Å². The van der Waals surface area contributed by atoms with Crippen molar-refractivity contribution in [2.24, 2.45) is 0 Å². The van der Waals surface area contributed by atoms with E-state index in [2.05, 4.69) is 56.3 Å². The summed E-state index contributed by atoms with van der Waals surface area (Å²) in [5.41, 5.74) is 4.26. The van der Waals surface area contributed by atoms with Crippen LogP contribution in [-0.2, 0) is 12.8 Å². The number of rotatable bonds is 2. The zero-order valence-electron chi connectivity index (χ0n) is 9.45. The van der Waals surface area contributed by atoms with Crippen LogP contribution in [-0.4, -0.2) is 6.04 Å². The van der Waals surface area contributed by atoms with E-state index in [4.69, 9.17) is 0 Å². The third-order valence-electron chi connectivity index (χ3n) is 3.29. The van der Waals surface area contributed by atoms with Crippen LogP contribution in [0.1, 0.15) is 17.5 Å². The lowest BCUT2D eigenvalue weighted by Gasteiger charge is -2.26. The second-order valence-electron chi connectivity index (χ2n) is 4.51. The zero-order chi connectivity index (χ0) is 11.7. The van der Waals surface area contributed by atoms with E-state index in [1.165, 1.54) is 34.1 Å². The Balaban J connectivity index is 1.74. The normalized spacial score (nSPS) is 18.8. The molecule has 1 aromatic heterocycles. The number of halogens is 1. The molecule has 88 valence electrons. The van der Waals surface area contributed by atoms with Crippen LogP contribution in [0.15, 0.2) is 39.5 Å². The van der Waals surface area contributed by atoms with E-state index in [0.717, 1.165) is 6.42 Å². The molecule has 0 bridgehead atoms. The maximum absolute atomic E-state index is 3.62. The largest absolute Gasteiger partial charge is 0.381 e. The molecule has 0 saturated heterocycles. The molecule has 0 radical (unpaired) electrons. The van der Waals surface area contributed by atoms with Crippen molar-refractivity contribution in [1.82, 2.24) is 0 Å². The van der Waals surface area contributed by atoms with Crippen molar-refractivity contribution in [3.05, 3.63) is 50.6 Å². The maximum Gasteiger partial charge on any atom is 0.0451 e. The third kappa shape index (κ3) is 2.55. The summed E-state index contributed by atoms with van der Waals surface area (Å²) in [7, 11) is 0. The van der Waals surface area contributed by atoms with E-state index in [9.17, 15) is 0 Å². The Morgan fingerprint density at radius 3 is 3.00 bits per heavy atom. The van der Waals surface area contributed by atoms with Gasteiger partial charge in [0, 0.05) is 21.6 Å². The first kappa shape index (κ1) is 11.3. The number of anilines is 1. The Labute approximate surface area is 114 Å². The van der Waals surface area contributed by atoms with Gasteiger partial charge in [0.1, 0.15) is 0 Å². The highest BCUT2D eigenvalue weighted by atomic mass is 79.9. The molecule has 3 rings (SSSR count). The molecule has 1 heterocycles. The number of benzene rings is 1. The molecule has 17 heavy (non-hydrogen) atoms. The highest BCUT2D eigenvalue weighted by Crippen LogP contribution is 2.26. The predicted molar refractivity (Wildman–Crippen MR) is 77.9 cm³/mol. The second kappa shape index (κ2) is 4.83. The minimum Gasteiger partial charge on any atom is -0.381 e. The summed E-state index contributed by atoms with van der Waals surface area (Å²) in [6, 6.07) is 9.39. The topological polar surface area (TPSA) is 12.0 Å². The van der Waals surface area contributed by atoms with Gasteiger partial charge in [0.15, 0.2) is 0 Å². The molecule has 1 nitrogen and oxygen atoms in total. The van der Waals surface area contributed by atoms with Gasteiger partial charge in [-0.3, -0.25) is 0 Å². The van der Waals surface area contributed by atoms with Gasteiger partial charge in [0.05, 0.1) is 0 Å². The van der Waals surface area contributed by atoms with Crippen LogP contribution in [0.25, 0.3) is 0 Å². The van der Waals surface area contributed by atoms with Gasteiger partial charge < -0.3 is 5.32 Å². The molecular weight excluding hydrogens is 294 g/mol. The highest BCUT2D eigenvalue weighted by Gasteiger charge is 2.18.